The summed E-state index contributed by atoms with van der Waals surface area (Å²) in [6, 6.07) is 24.2. The molecule has 0 radical (unpaired) electrons. The molecule has 1 N–H and O–H groups in total. The number of benzene rings is 3. The van der Waals surface area contributed by atoms with Gasteiger partial charge in [-0.15, -0.1) is 10.2 Å². The summed E-state index contributed by atoms with van der Waals surface area (Å²) in [6.07, 6.45) is 5.14. The molecule has 0 bridgehead atoms. The van der Waals surface area contributed by atoms with Gasteiger partial charge in [-0.05, 0) is 48.3 Å². The first-order valence-corrected chi connectivity index (χ1v) is 13.6. The van der Waals surface area contributed by atoms with Gasteiger partial charge < -0.3 is 4.74 Å². The quantitative estimate of drug-likeness (QED) is 0.150. The van der Waals surface area contributed by atoms with Crippen LogP contribution in [0.15, 0.2) is 89.1 Å². The SMILES string of the molecule is COc1ccccc1C=CC=NNC(=O)CSc1nnc(-c2ccc(C(C)(C)C)cc2)n1-c1ccc(C)cc1. The molecule has 0 aliphatic heterocycles. The lowest BCUT2D eigenvalue weighted by atomic mass is 9.87. The fourth-order valence-electron chi connectivity index (χ4n) is 3.86. The maximum Gasteiger partial charge on any atom is 0.250 e. The van der Waals surface area contributed by atoms with E-state index >= 15 is 0 Å². The van der Waals surface area contributed by atoms with Crippen LogP contribution in [0.4, 0.5) is 0 Å². The molecule has 0 aliphatic rings. The molecule has 1 heterocycles. The normalized spacial score (nSPS) is 11.8. The van der Waals surface area contributed by atoms with Crippen molar-refractivity contribution < 1.29 is 9.53 Å². The number of carbonyl (C=O) groups excluding carboxylic acids is 1. The highest BCUT2D eigenvalue weighted by Gasteiger charge is 2.19. The molecule has 0 saturated heterocycles. The lowest BCUT2D eigenvalue weighted by Gasteiger charge is -2.19. The fraction of sp³-hybridized carbons (Fsp3) is 0.226. The van der Waals surface area contributed by atoms with Crippen molar-refractivity contribution in [3.8, 4) is 22.8 Å². The van der Waals surface area contributed by atoms with Crippen LogP contribution in [0.25, 0.3) is 23.2 Å². The third-order valence-electron chi connectivity index (χ3n) is 6.03. The van der Waals surface area contributed by atoms with Crippen molar-refractivity contribution >= 4 is 30.0 Å². The van der Waals surface area contributed by atoms with Gasteiger partial charge in [0.1, 0.15) is 5.75 Å². The second-order valence-corrected chi connectivity index (χ2v) is 10.9. The monoisotopic (exact) mass is 539 g/mol. The number of ether oxygens (including phenoxy) is 1. The van der Waals surface area contributed by atoms with E-state index in [9.17, 15) is 4.79 Å². The Morgan fingerprint density at radius 1 is 1.03 bits per heavy atom. The van der Waals surface area contributed by atoms with Gasteiger partial charge in [0, 0.05) is 23.0 Å². The standard InChI is InChI=1S/C31H33N5O2S/c1-22-12-18-26(19-13-22)36-29(24-14-16-25(17-15-24)31(2,3)4)34-35-30(36)39-21-28(37)33-32-20-8-10-23-9-6-7-11-27(23)38-5/h6-20H,21H2,1-5H3,(H,33,37). The van der Waals surface area contributed by atoms with Gasteiger partial charge in [-0.3, -0.25) is 9.36 Å². The van der Waals surface area contributed by atoms with Crippen molar-refractivity contribution in [2.45, 2.75) is 38.3 Å². The van der Waals surface area contributed by atoms with E-state index in [1.807, 2.05) is 54.0 Å². The molecule has 0 atom stereocenters. The number of amides is 1. The Morgan fingerprint density at radius 2 is 1.74 bits per heavy atom. The van der Waals surface area contributed by atoms with Crippen LogP contribution in [-0.2, 0) is 10.2 Å². The molecule has 8 heteroatoms. The fourth-order valence-corrected chi connectivity index (χ4v) is 4.61. The number of aryl methyl sites for hydroxylation is 1. The zero-order valence-electron chi connectivity index (χ0n) is 22.9. The average Bonchev–Trinajstić information content (AvgIpc) is 3.36. The lowest BCUT2D eigenvalue weighted by Crippen LogP contribution is -2.19. The first kappa shape index (κ1) is 27.9. The Hall–Kier alpha value is -4.17. The number of hydrazone groups is 1. The van der Waals surface area contributed by atoms with Gasteiger partial charge in [0.05, 0.1) is 12.9 Å². The first-order chi connectivity index (χ1) is 18.8. The van der Waals surface area contributed by atoms with E-state index < -0.39 is 0 Å². The minimum Gasteiger partial charge on any atom is -0.496 e. The minimum atomic E-state index is -0.239. The Bertz CT molecular complexity index is 1470. The van der Waals surface area contributed by atoms with Gasteiger partial charge in [-0.25, -0.2) is 5.43 Å². The molecule has 0 saturated carbocycles. The second kappa shape index (κ2) is 12.6. The number of carbonyl (C=O) groups is 1. The third-order valence-corrected chi connectivity index (χ3v) is 6.96. The van der Waals surface area contributed by atoms with E-state index in [-0.39, 0.29) is 17.1 Å². The molecule has 1 amide bonds. The number of nitrogens with zero attached hydrogens (tertiary/aromatic N) is 4. The van der Waals surface area contributed by atoms with Crippen molar-refractivity contribution in [2.24, 2.45) is 5.10 Å². The molecule has 7 nitrogen and oxygen atoms in total. The predicted molar refractivity (Wildman–Crippen MR) is 160 cm³/mol. The van der Waals surface area contributed by atoms with Gasteiger partial charge in [-0.1, -0.05) is 92.7 Å². The van der Waals surface area contributed by atoms with Crippen LogP contribution in [-0.4, -0.2) is 39.7 Å². The Morgan fingerprint density at radius 3 is 2.44 bits per heavy atom. The molecule has 200 valence electrons. The minimum absolute atomic E-state index is 0.0597. The van der Waals surface area contributed by atoms with Crippen LogP contribution >= 0.6 is 11.8 Å². The van der Waals surface area contributed by atoms with Crippen LogP contribution in [0.3, 0.4) is 0 Å². The van der Waals surface area contributed by atoms with Gasteiger partial charge in [-0.2, -0.15) is 5.10 Å². The van der Waals surface area contributed by atoms with E-state index in [1.165, 1.54) is 23.5 Å². The van der Waals surface area contributed by atoms with Gasteiger partial charge in [0.25, 0.3) is 5.91 Å². The van der Waals surface area contributed by atoms with Crippen molar-refractivity contribution in [3.63, 3.8) is 0 Å². The van der Waals surface area contributed by atoms with Crippen LogP contribution in [0, 0.1) is 6.92 Å². The molecular formula is C31H33N5O2S. The van der Waals surface area contributed by atoms with Crippen LogP contribution in [0.5, 0.6) is 5.75 Å². The zero-order chi connectivity index (χ0) is 27.8. The number of thioether (sulfide) groups is 1. The number of hydrogen-bond acceptors (Lipinski definition) is 6. The highest BCUT2D eigenvalue weighted by Crippen LogP contribution is 2.30. The van der Waals surface area contributed by atoms with Crippen molar-refractivity contribution in [1.29, 1.82) is 0 Å². The average molecular weight is 540 g/mol. The molecule has 0 aliphatic carbocycles. The third kappa shape index (κ3) is 7.23. The number of para-hydroxylation sites is 1. The summed E-state index contributed by atoms with van der Waals surface area (Å²) < 4.78 is 7.32. The molecule has 4 rings (SSSR count). The number of methoxy groups -OCH3 is 1. The molecule has 0 unspecified atom stereocenters. The summed E-state index contributed by atoms with van der Waals surface area (Å²) in [5.74, 6) is 1.39. The lowest BCUT2D eigenvalue weighted by molar-refractivity contribution is -0.118. The Labute approximate surface area is 234 Å². The van der Waals surface area contributed by atoms with E-state index in [4.69, 9.17) is 4.74 Å². The van der Waals surface area contributed by atoms with Gasteiger partial charge in [0.15, 0.2) is 11.0 Å². The summed E-state index contributed by atoms with van der Waals surface area (Å²) in [7, 11) is 1.63. The summed E-state index contributed by atoms with van der Waals surface area (Å²) >= 11 is 1.31. The molecule has 39 heavy (non-hydrogen) atoms. The number of hydrogen-bond donors (Lipinski definition) is 1. The van der Waals surface area contributed by atoms with Crippen LogP contribution in [0.1, 0.15) is 37.5 Å². The maximum absolute atomic E-state index is 12.5. The summed E-state index contributed by atoms with van der Waals surface area (Å²) in [5.41, 5.74) is 7.85. The van der Waals surface area contributed by atoms with E-state index in [0.717, 1.165) is 34.0 Å². The molecule has 4 aromatic rings. The van der Waals surface area contributed by atoms with Crippen molar-refractivity contribution in [2.75, 3.05) is 12.9 Å². The van der Waals surface area contributed by atoms with Crippen LogP contribution < -0.4 is 10.2 Å². The highest BCUT2D eigenvalue weighted by atomic mass is 32.2. The summed E-state index contributed by atoms with van der Waals surface area (Å²) in [5, 5.41) is 13.6. The van der Waals surface area contributed by atoms with E-state index in [1.54, 1.807) is 13.2 Å². The van der Waals surface area contributed by atoms with Gasteiger partial charge in [0.2, 0.25) is 0 Å². The summed E-state index contributed by atoms with van der Waals surface area (Å²) in [4.78, 5) is 12.5. The second-order valence-electron chi connectivity index (χ2n) is 10.0. The summed E-state index contributed by atoms with van der Waals surface area (Å²) in [6.45, 7) is 8.63. The molecule has 1 aromatic heterocycles. The van der Waals surface area contributed by atoms with Gasteiger partial charge >= 0.3 is 0 Å². The number of rotatable bonds is 9. The predicted octanol–water partition coefficient (Wildman–Crippen LogP) is 6.46. The highest BCUT2D eigenvalue weighted by molar-refractivity contribution is 7.99. The molecule has 3 aromatic carbocycles. The maximum atomic E-state index is 12.5. The van der Waals surface area contributed by atoms with Crippen molar-refractivity contribution in [3.05, 3.63) is 95.6 Å². The first-order valence-electron chi connectivity index (χ1n) is 12.6. The zero-order valence-corrected chi connectivity index (χ0v) is 23.7. The number of allylic oxidation sites excluding steroid dienone is 1. The van der Waals surface area contributed by atoms with Crippen molar-refractivity contribution in [1.82, 2.24) is 20.2 Å². The van der Waals surface area contributed by atoms with Crippen LogP contribution in [0.2, 0.25) is 0 Å². The molecule has 0 fully saturated rings. The van der Waals surface area contributed by atoms with E-state index in [2.05, 4.69) is 77.9 Å². The largest absolute Gasteiger partial charge is 0.496 e. The number of aromatic nitrogens is 3. The Kier molecular flexibility index (Phi) is 8.99. The smallest absolute Gasteiger partial charge is 0.250 e. The Balaban J connectivity index is 1.47. The number of nitrogens with one attached hydrogen (secondary N) is 1. The molecular weight excluding hydrogens is 506 g/mol. The van der Waals surface area contributed by atoms with E-state index in [0.29, 0.717) is 5.16 Å². The topological polar surface area (TPSA) is 81.4 Å². The molecule has 0 spiro atoms.